The Morgan fingerprint density at radius 2 is 0.296 bits per heavy atom. The molecule has 12 heterocycles. The molecule has 0 radical (unpaired) electrons. The molecular formula is C120H172Br2N4O16. The lowest BCUT2D eigenvalue weighted by Crippen LogP contribution is -2.33. The SMILES string of the molecule is CCCCCCCCCCC(CCCCCCCC)Cn1c(=O)c2cc(Br)oc2c2oc(-c3cc4c(=O)n(CC(CCCCCCCC)CCCCCCCCCC)c(=O)c5cc(-c6cc7c(=O)n(CC(CCCCCCCC)CCCCCCCCCC)c(=O)c8cc(-c9cc%10c(=O)n(CC(CCCCCCCC)CCCCCCCCCC)c(=O)c%11cc(Br)oc%11c%10o9)oc8c7o6)oc5c4o3)cc2c1=O. The quantitative estimate of drug-likeness (QED) is 0.0321. The van der Waals surface area contributed by atoms with Gasteiger partial charge in [-0.05, 0) is 107 Å². The Morgan fingerprint density at radius 3 is 0.437 bits per heavy atom. The Bertz CT molecular complexity index is 6030. The summed E-state index contributed by atoms with van der Waals surface area (Å²) in [6.07, 6.45) is 69.8. The molecule has 12 aromatic rings. The summed E-state index contributed by atoms with van der Waals surface area (Å²) in [5.74, 6) is 0.159. The molecule has 0 bridgehead atoms. The van der Waals surface area contributed by atoms with E-state index in [0.717, 1.165) is 270 Å². The number of unbranched alkanes of at least 4 members (excludes halogenated alkanes) is 48. The van der Waals surface area contributed by atoms with E-state index in [0.29, 0.717) is 0 Å². The van der Waals surface area contributed by atoms with E-state index in [1.807, 2.05) is 0 Å². The van der Waals surface area contributed by atoms with Gasteiger partial charge in [-0.1, -0.05) is 415 Å². The average Bonchev–Trinajstić information content (AvgIpc) is 1.58. The second-order valence-corrected chi connectivity index (χ2v) is 43.9. The van der Waals surface area contributed by atoms with Crippen LogP contribution in [0.15, 0.2) is 132 Å². The molecule has 0 N–H and O–H groups in total. The number of fused-ring (bicyclic) bond motifs is 12. The van der Waals surface area contributed by atoms with Crippen LogP contribution in [-0.2, 0) is 26.2 Å². The normalized spacial score (nSPS) is 13.1. The number of hydrogen-bond acceptors (Lipinski definition) is 16. The van der Waals surface area contributed by atoms with Crippen molar-refractivity contribution in [2.24, 2.45) is 23.7 Å². The van der Waals surface area contributed by atoms with E-state index in [2.05, 4.69) is 87.2 Å². The van der Waals surface area contributed by atoms with E-state index in [4.69, 9.17) is 35.3 Å². The van der Waals surface area contributed by atoms with E-state index in [9.17, 15) is 0 Å². The molecule has 22 heteroatoms. The summed E-state index contributed by atoms with van der Waals surface area (Å²) >= 11 is 7.07. The third-order valence-corrected chi connectivity index (χ3v) is 31.4. The van der Waals surface area contributed by atoms with Gasteiger partial charge in [0, 0.05) is 74.7 Å². The van der Waals surface area contributed by atoms with Gasteiger partial charge in [-0.2, -0.15) is 0 Å². The number of halogens is 2. The van der Waals surface area contributed by atoms with Crippen LogP contribution in [0, 0.1) is 23.7 Å². The largest absolute Gasteiger partial charge is 0.449 e. The maximum atomic E-state index is 16.2. The number of rotatable bonds is 75. The van der Waals surface area contributed by atoms with Crippen molar-refractivity contribution in [2.75, 3.05) is 0 Å². The Balaban J connectivity index is 1.02. The van der Waals surface area contributed by atoms with E-state index >= 15 is 38.4 Å². The molecule has 0 fully saturated rings. The van der Waals surface area contributed by atoms with Crippen LogP contribution in [-0.4, -0.2) is 18.3 Å². The molecule has 0 aliphatic carbocycles. The molecule has 0 aromatic carbocycles. The molecule has 0 amide bonds. The predicted molar refractivity (Wildman–Crippen MR) is 593 cm³/mol. The molecule has 0 aliphatic heterocycles. The van der Waals surface area contributed by atoms with Crippen LogP contribution in [0.4, 0.5) is 0 Å². The molecule has 782 valence electrons. The molecule has 4 atom stereocenters. The van der Waals surface area contributed by atoms with Gasteiger partial charge in [-0.15, -0.1) is 0 Å². The van der Waals surface area contributed by atoms with E-state index in [1.54, 1.807) is 36.4 Å². The summed E-state index contributed by atoms with van der Waals surface area (Å²) in [5.41, 5.74) is -4.63. The third-order valence-electron chi connectivity index (χ3n) is 30.6. The van der Waals surface area contributed by atoms with Crippen molar-refractivity contribution < 1.29 is 35.3 Å². The average molecular weight is 2090 g/mol. The van der Waals surface area contributed by atoms with Gasteiger partial charge in [0.2, 0.25) is 0 Å². The second kappa shape index (κ2) is 60.1. The van der Waals surface area contributed by atoms with Crippen molar-refractivity contribution >= 4 is 120 Å². The number of hydrogen-bond donors (Lipinski definition) is 0. The summed E-state index contributed by atoms with van der Waals surface area (Å²) in [4.78, 5) is 126. The van der Waals surface area contributed by atoms with Gasteiger partial charge in [-0.25, -0.2) is 0 Å². The summed E-state index contributed by atoms with van der Waals surface area (Å²) in [6.45, 7) is 18.4. The van der Waals surface area contributed by atoms with Crippen molar-refractivity contribution in [1.82, 2.24) is 18.3 Å². The molecule has 12 aromatic heterocycles. The Kier molecular flexibility index (Phi) is 47.6. The fourth-order valence-corrected chi connectivity index (χ4v) is 22.9. The highest BCUT2D eigenvalue weighted by atomic mass is 79.9. The van der Waals surface area contributed by atoms with Crippen molar-refractivity contribution in [3.05, 3.63) is 141 Å². The highest BCUT2D eigenvalue weighted by Crippen LogP contribution is 2.43. The number of aromatic nitrogens is 4. The van der Waals surface area contributed by atoms with Gasteiger partial charge in [0.05, 0.1) is 43.1 Å². The molecule has 4 unspecified atom stereocenters. The van der Waals surface area contributed by atoms with Gasteiger partial charge in [0.1, 0.15) is 0 Å². The van der Waals surface area contributed by atoms with Crippen molar-refractivity contribution in [3.8, 4) is 34.6 Å². The van der Waals surface area contributed by atoms with Crippen LogP contribution in [0.2, 0.25) is 0 Å². The zero-order chi connectivity index (χ0) is 100. The van der Waals surface area contributed by atoms with Gasteiger partial charge >= 0.3 is 0 Å². The smallest absolute Gasteiger partial charge is 0.264 e. The number of furan rings is 8. The summed E-state index contributed by atoms with van der Waals surface area (Å²) in [5, 5.41) is 0.497. The second-order valence-electron chi connectivity index (χ2n) is 42.3. The van der Waals surface area contributed by atoms with E-state index < -0.39 is 44.5 Å². The third kappa shape index (κ3) is 31.4. The summed E-state index contributed by atoms with van der Waals surface area (Å²) in [6, 6.07) is 12.5. The fraction of sp³-hybridized carbons (Fsp3) is 0.667. The van der Waals surface area contributed by atoms with E-state index in [1.165, 1.54) is 172 Å². The monoisotopic (exact) mass is 2080 g/mol. The lowest BCUT2D eigenvalue weighted by atomic mass is 9.93. The first-order chi connectivity index (χ1) is 69.4. The number of nitrogens with zero attached hydrogens (tertiary/aromatic N) is 4. The summed E-state index contributed by atoms with van der Waals surface area (Å²) < 4.78 is 60.3. The fourth-order valence-electron chi connectivity index (χ4n) is 22.1. The van der Waals surface area contributed by atoms with Gasteiger partial charge in [0.25, 0.3) is 44.5 Å². The van der Waals surface area contributed by atoms with Gasteiger partial charge in [-0.3, -0.25) is 56.6 Å². The van der Waals surface area contributed by atoms with E-state index in [-0.39, 0.29) is 182 Å². The Hall–Kier alpha value is -8.24. The van der Waals surface area contributed by atoms with Crippen LogP contribution in [0.1, 0.15) is 466 Å². The molecular weight excluding hydrogens is 1910 g/mol. The lowest BCUT2D eigenvalue weighted by molar-refractivity contribution is 0.351. The molecule has 20 nitrogen and oxygen atoms in total. The molecule has 0 spiro atoms. The lowest BCUT2D eigenvalue weighted by Gasteiger charge is -2.17. The van der Waals surface area contributed by atoms with Crippen LogP contribution in [0.3, 0.4) is 0 Å². The minimum absolute atomic E-state index is 0.00476. The van der Waals surface area contributed by atoms with Crippen LogP contribution >= 0.6 is 31.9 Å². The van der Waals surface area contributed by atoms with Crippen molar-refractivity contribution in [1.29, 1.82) is 0 Å². The minimum Gasteiger partial charge on any atom is -0.449 e. The topological polar surface area (TPSA) is 261 Å². The Labute approximate surface area is 858 Å². The van der Waals surface area contributed by atoms with Crippen molar-refractivity contribution in [3.63, 3.8) is 0 Å². The molecule has 142 heavy (non-hydrogen) atoms. The zero-order valence-corrected chi connectivity index (χ0v) is 91.3. The van der Waals surface area contributed by atoms with Crippen LogP contribution in [0.25, 0.3) is 122 Å². The maximum Gasteiger partial charge on any atom is 0.264 e. The highest BCUT2D eigenvalue weighted by Gasteiger charge is 2.32. The first kappa shape index (κ1) is 113. The van der Waals surface area contributed by atoms with Gasteiger partial charge < -0.3 is 35.3 Å². The van der Waals surface area contributed by atoms with Gasteiger partial charge in [0.15, 0.2) is 88.6 Å². The summed E-state index contributed by atoms with van der Waals surface area (Å²) in [7, 11) is 0. The molecule has 0 aliphatic rings. The predicted octanol–water partition coefficient (Wildman–Crippen LogP) is 35.9. The van der Waals surface area contributed by atoms with Crippen LogP contribution < -0.4 is 44.5 Å². The minimum atomic E-state index is -0.615. The van der Waals surface area contributed by atoms with Crippen LogP contribution in [0.5, 0.6) is 0 Å². The van der Waals surface area contributed by atoms with Crippen molar-refractivity contribution in [2.45, 2.75) is 493 Å². The Morgan fingerprint density at radius 1 is 0.176 bits per heavy atom. The first-order valence-electron chi connectivity index (χ1n) is 57.3. The maximum absolute atomic E-state index is 16.2. The molecule has 0 saturated heterocycles. The first-order valence-corrected chi connectivity index (χ1v) is 58.8. The molecule has 12 rings (SSSR count). The standard InChI is InChI=1S/C120H172Br2N4O16/c1-9-17-25-33-41-45-53-61-69-85(65-57-49-37-29-21-13-5)81-123-113(127)89-73-97(135-105(89)107-91(115(123)129)75-99(137-107)101-77-93-109(139-101)111-95(79-103(121)141-111)119(133)125(117(93)131)83-87(67-59-51-39-31-23-15-7)71-63-55-47-43-35-27-19-11-3)98-74-90-106(136-98)108-92(116(130)124(114(90)128)82-86(66-58-50-38-30-22-14-6)70-62-54-46-42-34-26-18-10-2)76-100(138-108)102-78-94-110(140-102)112-96(80-104(122)142-112)120(134)126(118(94)132)84-88(68-60-52-40-32-24-16-8)72-64-56-48-44-36-28-20-12-4/h73-80,85-88H,9-72,81-84H2,1-8H3. The zero-order valence-electron chi connectivity index (χ0n) is 88.1. The molecule has 0 saturated carbocycles. The highest BCUT2D eigenvalue weighted by molar-refractivity contribution is 9.10.